The Hall–Kier alpha value is -1.86. The summed E-state index contributed by atoms with van der Waals surface area (Å²) in [5.41, 5.74) is 1.46. The average Bonchev–Trinajstić information content (AvgIpc) is 3.20. The highest BCUT2D eigenvalue weighted by atomic mass is 35.5. The summed E-state index contributed by atoms with van der Waals surface area (Å²) < 4.78 is 43.4. The summed E-state index contributed by atoms with van der Waals surface area (Å²) >= 11 is 7.88. The molecule has 0 bridgehead atoms. The molecule has 0 aromatic heterocycles. The lowest BCUT2D eigenvalue weighted by Gasteiger charge is -2.23. The van der Waals surface area contributed by atoms with Crippen LogP contribution in [-0.2, 0) is 4.79 Å². The number of ether oxygens (including phenoxy) is 1. The molecule has 1 aliphatic carbocycles. The Morgan fingerprint density at radius 3 is 2.40 bits per heavy atom. The largest absolute Gasteiger partial charge is 0.482 e. The molecule has 2 aromatic rings. The summed E-state index contributed by atoms with van der Waals surface area (Å²) in [5, 5.41) is 9.84. The Morgan fingerprint density at radius 2 is 1.87 bits per heavy atom. The van der Waals surface area contributed by atoms with Gasteiger partial charge in [0.1, 0.15) is 5.75 Å². The van der Waals surface area contributed by atoms with Crippen molar-refractivity contribution in [2.24, 2.45) is 5.92 Å². The maximum atomic E-state index is 12.8. The molecule has 1 N–H and O–H groups in total. The van der Waals surface area contributed by atoms with E-state index in [2.05, 4.69) is 0 Å². The maximum absolute atomic E-state index is 12.8. The second-order valence-electron chi connectivity index (χ2n) is 7.37. The monoisotopic (exact) mass is 458 g/mol. The van der Waals surface area contributed by atoms with Crippen molar-refractivity contribution in [1.29, 1.82) is 0 Å². The minimum absolute atomic E-state index is 0.0211. The lowest BCUT2D eigenvalue weighted by Crippen LogP contribution is -2.21. The van der Waals surface area contributed by atoms with Crippen LogP contribution in [0.4, 0.5) is 13.2 Å². The van der Waals surface area contributed by atoms with Gasteiger partial charge in [-0.1, -0.05) is 36.6 Å². The van der Waals surface area contributed by atoms with Crippen molar-refractivity contribution in [3.8, 4) is 16.9 Å². The molecular formula is C22H22ClF3O3S. The van der Waals surface area contributed by atoms with E-state index in [4.69, 9.17) is 16.3 Å². The van der Waals surface area contributed by atoms with Gasteiger partial charge >= 0.3 is 12.1 Å². The molecule has 0 spiro atoms. The number of carboxylic acid groups (broad SMARTS) is 1. The molecule has 30 heavy (non-hydrogen) atoms. The number of hydrogen-bond acceptors (Lipinski definition) is 3. The normalized spacial score (nSPS) is 15.9. The van der Waals surface area contributed by atoms with Crippen LogP contribution in [0.5, 0.6) is 5.75 Å². The molecule has 2 aromatic carbocycles. The fourth-order valence-corrected chi connectivity index (χ4v) is 4.68. The van der Waals surface area contributed by atoms with Crippen molar-refractivity contribution < 1.29 is 27.8 Å². The molecule has 162 valence electrons. The zero-order chi connectivity index (χ0) is 21.9. The molecule has 8 heteroatoms. The first-order valence-corrected chi connectivity index (χ1v) is 11.2. The first-order valence-electron chi connectivity index (χ1n) is 9.60. The van der Waals surface area contributed by atoms with Crippen LogP contribution < -0.4 is 4.74 Å². The van der Waals surface area contributed by atoms with Crippen LogP contribution in [0.2, 0.25) is 5.02 Å². The van der Waals surface area contributed by atoms with E-state index in [1.165, 1.54) is 17.8 Å². The predicted octanol–water partition coefficient (Wildman–Crippen LogP) is 7.03. The van der Waals surface area contributed by atoms with Crippen LogP contribution in [0.1, 0.15) is 37.2 Å². The van der Waals surface area contributed by atoms with Gasteiger partial charge in [0.25, 0.3) is 0 Å². The van der Waals surface area contributed by atoms with Crippen molar-refractivity contribution >= 4 is 29.3 Å². The maximum Gasteiger partial charge on any atom is 0.422 e. The van der Waals surface area contributed by atoms with E-state index in [1.807, 2.05) is 18.4 Å². The fraction of sp³-hybridized carbons (Fsp3) is 0.409. The third kappa shape index (κ3) is 5.43. The molecule has 1 aliphatic rings. The predicted molar refractivity (Wildman–Crippen MR) is 113 cm³/mol. The molecule has 3 rings (SSSR count). The topological polar surface area (TPSA) is 46.5 Å². The van der Waals surface area contributed by atoms with E-state index in [9.17, 15) is 23.1 Å². The molecule has 0 heterocycles. The molecule has 0 amide bonds. The van der Waals surface area contributed by atoms with Crippen molar-refractivity contribution in [2.75, 3.05) is 12.9 Å². The Balaban J connectivity index is 2.09. The van der Waals surface area contributed by atoms with Crippen molar-refractivity contribution in [2.45, 2.75) is 42.7 Å². The summed E-state index contributed by atoms with van der Waals surface area (Å²) in [4.78, 5) is 13.0. The van der Waals surface area contributed by atoms with Gasteiger partial charge in [0.05, 0.1) is 10.9 Å². The van der Waals surface area contributed by atoms with Gasteiger partial charge < -0.3 is 9.84 Å². The Bertz CT molecular complexity index is 894. The molecule has 1 fully saturated rings. The standard InChI is InChI=1S/C22H22ClF3O3S/c1-30-16-8-6-13(7-9-16)17-10-15(19(21(27)28)14-4-2-3-5-14)11-18(23)20(17)29-12-22(24,25)26/h6-11,14,19H,2-5,12H2,1H3,(H,27,28)/t19-/m1/s1. The SMILES string of the molecule is CSc1ccc(-c2cc([C@H](C(=O)O)C3CCCC3)cc(Cl)c2OCC(F)(F)F)cc1. The summed E-state index contributed by atoms with van der Waals surface area (Å²) in [6.45, 7) is -1.48. The molecule has 0 aliphatic heterocycles. The van der Waals surface area contributed by atoms with Crippen LogP contribution in [0.15, 0.2) is 41.3 Å². The van der Waals surface area contributed by atoms with Gasteiger partial charge in [0.2, 0.25) is 0 Å². The number of alkyl halides is 3. The average molecular weight is 459 g/mol. The highest BCUT2D eigenvalue weighted by molar-refractivity contribution is 7.98. The van der Waals surface area contributed by atoms with E-state index in [-0.39, 0.29) is 16.7 Å². The molecular weight excluding hydrogens is 437 g/mol. The van der Waals surface area contributed by atoms with E-state index in [0.717, 1.165) is 30.6 Å². The number of halogens is 4. The molecule has 3 nitrogen and oxygen atoms in total. The minimum Gasteiger partial charge on any atom is -0.482 e. The number of aliphatic carboxylic acids is 1. The summed E-state index contributed by atoms with van der Waals surface area (Å²) in [6, 6.07) is 10.3. The van der Waals surface area contributed by atoms with Gasteiger partial charge in [-0.25, -0.2) is 0 Å². The van der Waals surface area contributed by atoms with Crippen LogP contribution in [0, 0.1) is 5.92 Å². The lowest BCUT2D eigenvalue weighted by atomic mass is 9.83. The highest BCUT2D eigenvalue weighted by Gasteiger charge is 2.34. The zero-order valence-corrected chi connectivity index (χ0v) is 17.9. The van der Waals surface area contributed by atoms with E-state index >= 15 is 0 Å². The van der Waals surface area contributed by atoms with E-state index in [1.54, 1.807) is 18.2 Å². The number of carbonyl (C=O) groups is 1. The van der Waals surface area contributed by atoms with E-state index in [0.29, 0.717) is 16.7 Å². The summed E-state index contributed by atoms with van der Waals surface area (Å²) in [5.74, 6) is -1.83. The van der Waals surface area contributed by atoms with Gasteiger partial charge in [0, 0.05) is 10.5 Å². The van der Waals surface area contributed by atoms with Gasteiger partial charge in [-0.15, -0.1) is 11.8 Å². The molecule has 0 saturated heterocycles. The molecule has 1 atom stereocenters. The van der Waals surface area contributed by atoms with Crippen LogP contribution in [0.3, 0.4) is 0 Å². The Kier molecular flexibility index (Phi) is 7.24. The van der Waals surface area contributed by atoms with Gasteiger partial charge in [-0.2, -0.15) is 13.2 Å². The molecule has 0 radical (unpaired) electrons. The lowest BCUT2D eigenvalue weighted by molar-refractivity contribution is -0.153. The smallest absolute Gasteiger partial charge is 0.422 e. The van der Waals surface area contributed by atoms with Crippen LogP contribution in [0.25, 0.3) is 11.1 Å². The number of thioether (sulfide) groups is 1. The second-order valence-corrected chi connectivity index (χ2v) is 8.66. The van der Waals surface area contributed by atoms with Crippen LogP contribution in [-0.4, -0.2) is 30.1 Å². The summed E-state index contributed by atoms with van der Waals surface area (Å²) in [7, 11) is 0. The number of carboxylic acids is 1. The molecule has 1 saturated carbocycles. The fourth-order valence-electron chi connectivity index (χ4n) is 3.99. The van der Waals surface area contributed by atoms with Crippen molar-refractivity contribution in [3.63, 3.8) is 0 Å². The third-order valence-corrected chi connectivity index (χ3v) is 6.37. The highest BCUT2D eigenvalue weighted by Crippen LogP contribution is 2.44. The Morgan fingerprint density at radius 1 is 1.23 bits per heavy atom. The van der Waals surface area contributed by atoms with Crippen molar-refractivity contribution in [1.82, 2.24) is 0 Å². The summed E-state index contributed by atoms with van der Waals surface area (Å²) in [6.07, 6.45) is 0.950. The van der Waals surface area contributed by atoms with Crippen LogP contribution >= 0.6 is 23.4 Å². The molecule has 0 unspecified atom stereocenters. The number of rotatable bonds is 7. The minimum atomic E-state index is -4.52. The second kappa shape index (κ2) is 9.52. The third-order valence-electron chi connectivity index (χ3n) is 5.34. The van der Waals surface area contributed by atoms with Gasteiger partial charge in [0.15, 0.2) is 6.61 Å². The van der Waals surface area contributed by atoms with E-state index < -0.39 is 24.7 Å². The van der Waals surface area contributed by atoms with Gasteiger partial charge in [-0.05, 0) is 60.4 Å². The Labute approximate surface area is 182 Å². The quantitative estimate of drug-likeness (QED) is 0.452. The first kappa shape index (κ1) is 22.8. The van der Waals surface area contributed by atoms with Gasteiger partial charge in [-0.3, -0.25) is 4.79 Å². The zero-order valence-electron chi connectivity index (χ0n) is 16.3. The van der Waals surface area contributed by atoms with Crippen molar-refractivity contribution in [3.05, 3.63) is 47.0 Å². The number of hydrogen-bond donors (Lipinski definition) is 1. The number of benzene rings is 2. The first-order chi connectivity index (χ1) is 14.2.